The van der Waals surface area contributed by atoms with Crippen molar-refractivity contribution in [2.45, 2.75) is 64.7 Å². The topological polar surface area (TPSA) is 12.0 Å². The highest BCUT2D eigenvalue weighted by Crippen LogP contribution is 2.54. The molecule has 1 aromatic carbocycles. The molecule has 0 bridgehead atoms. The monoisotopic (exact) mass is 421 g/mol. The molecule has 0 aromatic heterocycles. The molecule has 0 fully saturated rings. The van der Waals surface area contributed by atoms with Gasteiger partial charge in [-0.15, -0.1) is 0 Å². The van der Waals surface area contributed by atoms with Crippen molar-refractivity contribution >= 4 is 0 Å². The van der Waals surface area contributed by atoms with Crippen LogP contribution in [0.25, 0.3) is 0 Å². The Balaban J connectivity index is 1.28. The Morgan fingerprint density at radius 3 is 2.59 bits per heavy atom. The zero-order chi connectivity index (χ0) is 21.7. The molecular weight excluding hydrogens is 386 g/mol. The standard InChI is InChI=1S/C31H35N/c1-31(2)28-15-9-8-13-25(28)26-17-16-22(20-29(26)31)32-30-19-18-23(21-10-4-3-5-11-21)24-12-6-7-14-27(24)30/h3-6,9-12,15,19-20,23-24,27,32H,7-8,13-14,16-18H2,1-2H3. The lowest BCUT2D eigenvalue weighted by Gasteiger charge is -2.40. The number of allylic oxidation sites excluding steroid dienone is 12. The molecule has 3 atom stereocenters. The highest BCUT2D eigenvalue weighted by Gasteiger charge is 2.40. The lowest BCUT2D eigenvalue weighted by molar-refractivity contribution is 0.318. The summed E-state index contributed by atoms with van der Waals surface area (Å²) >= 11 is 0. The lowest BCUT2D eigenvalue weighted by atomic mass is 9.67. The van der Waals surface area contributed by atoms with Crippen LogP contribution in [0.2, 0.25) is 0 Å². The summed E-state index contributed by atoms with van der Waals surface area (Å²) in [4.78, 5) is 0. The fourth-order valence-electron chi connectivity index (χ4n) is 6.99. The second-order valence-electron chi connectivity index (χ2n) is 10.7. The molecule has 1 nitrogen and oxygen atoms in total. The Morgan fingerprint density at radius 1 is 0.875 bits per heavy atom. The molecule has 6 rings (SSSR count). The number of fused-ring (bicyclic) bond motifs is 2. The Kier molecular flexibility index (Phi) is 4.90. The van der Waals surface area contributed by atoms with Crippen LogP contribution < -0.4 is 5.32 Å². The van der Waals surface area contributed by atoms with E-state index in [-0.39, 0.29) is 5.41 Å². The van der Waals surface area contributed by atoms with E-state index < -0.39 is 0 Å². The third-order valence-corrected chi connectivity index (χ3v) is 8.63. The number of nitrogens with one attached hydrogen (secondary N) is 1. The van der Waals surface area contributed by atoms with Crippen LogP contribution in [0.4, 0.5) is 0 Å². The number of rotatable bonds is 3. The predicted molar refractivity (Wildman–Crippen MR) is 134 cm³/mol. The van der Waals surface area contributed by atoms with Crippen LogP contribution in [0.5, 0.6) is 0 Å². The zero-order valence-electron chi connectivity index (χ0n) is 19.5. The van der Waals surface area contributed by atoms with Gasteiger partial charge >= 0.3 is 0 Å². The van der Waals surface area contributed by atoms with E-state index in [1.165, 1.54) is 49.1 Å². The van der Waals surface area contributed by atoms with Crippen LogP contribution in [-0.2, 0) is 0 Å². The van der Waals surface area contributed by atoms with Crippen molar-refractivity contribution in [1.29, 1.82) is 0 Å². The Morgan fingerprint density at radius 2 is 1.72 bits per heavy atom. The molecule has 3 unspecified atom stereocenters. The van der Waals surface area contributed by atoms with Gasteiger partial charge in [-0.2, -0.15) is 0 Å². The SMILES string of the molecule is CC1(C)C2=C(CCC=C2)C2=C1C=C(NC1=CCC(c3ccccc3)C3C=CCCC13)CC2. The first kappa shape index (κ1) is 20.1. The summed E-state index contributed by atoms with van der Waals surface area (Å²) in [5, 5.41) is 3.98. The summed E-state index contributed by atoms with van der Waals surface area (Å²) in [7, 11) is 0. The summed E-state index contributed by atoms with van der Waals surface area (Å²) in [6, 6.07) is 11.2. The summed E-state index contributed by atoms with van der Waals surface area (Å²) in [6.45, 7) is 4.85. The molecule has 1 aromatic rings. The molecule has 1 N–H and O–H groups in total. The second kappa shape index (κ2) is 7.80. The van der Waals surface area contributed by atoms with E-state index in [9.17, 15) is 0 Å². The highest BCUT2D eigenvalue weighted by atomic mass is 14.9. The highest BCUT2D eigenvalue weighted by molar-refractivity contribution is 5.62. The molecule has 0 amide bonds. The Labute approximate surface area is 193 Å². The Hall–Kier alpha value is -2.54. The van der Waals surface area contributed by atoms with Crippen molar-refractivity contribution in [3.63, 3.8) is 0 Å². The van der Waals surface area contributed by atoms with Crippen molar-refractivity contribution in [2.24, 2.45) is 17.3 Å². The van der Waals surface area contributed by atoms with Gasteiger partial charge in [-0.1, -0.05) is 74.6 Å². The fraction of sp³-hybridized carbons (Fsp3) is 0.419. The van der Waals surface area contributed by atoms with Crippen LogP contribution in [-0.4, -0.2) is 0 Å². The molecule has 32 heavy (non-hydrogen) atoms. The smallest absolute Gasteiger partial charge is 0.0155 e. The van der Waals surface area contributed by atoms with Gasteiger partial charge in [0.05, 0.1) is 0 Å². The van der Waals surface area contributed by atoms with Crippen LogP contribution >= 0.6 is 0 Å². The molecule has 1 heteroatoms. The first-order valence-corrected chi connectivity index (χ1v) is 12.7. The van der Waals surface area contributed by atoms with E-state index in [1.54, 1.807) is 22.3 Å². The maximum Gasteiger partial charge on any atom is 0.0155 e. The van der Waals surface area contributed by atoms with Gasteiger partial charge in [0.15, 0.2) is 0 Å². The number of benzene rings is 1. The summed E-state index contributed by atoms with van der Waals surface area (Å²) in [6.07, 6.45) is 23.1. The molecule has 0 saturated heterocycles. The largest absolute Gasteiger partial charge is 0.362 e. The first-order valence-electron chi connectivity index (χ1n) is 12.7. The number of hydrogen-bond acceptors (Lipinski definition) is 1. The molecule has 5 aliphatic carbocycles. The van der Waals surface area contributed by atoms with Gasteiger partial charge in [-0.25, -0.2) is 0 Å². The van der Waals surface area contributed by atoms with Crippen LogP contribution in [0.1, 0.15) is 70.3 Å². The van der Waals surface area contributed by atoms with E-state index >= 15 is 0 Å². The van der Waals surface area contributed by atoms with Crippen molar-refractivity contribution in [2.75, 3.05) is 0 Å². The van der Waals surface area contributed by atoms with Gasteiger partial charge in [0.25, 0.3) is 0 Å². The predicted octanol–water partition coefficient (Wildman–Crippen LogP) is 7.89. The molecule has 0 heterocycles. The van der Waals surface area contributed by atoms with Crippen molar-refractivity contribution in [3.8, 4) is 0 Å². The average molecular weight is 422 g/mol. The fourth-order valence-corrected chi connectivity index (χ4v) is 6.99. The van der Waals surface area contributed by atoms with Crippen LogP contribution in [0, 0.1) is 17.3 Å². The molecular formula is C31H35N. The quantitative estimate of drug-likeness (QED) is 0.489. The maximum absolute atomic E-state index is 3.98. The van der Waals surface area contributed by atoms with E-state index in [1.807, 2.05) is 0 Å². The van der Waals surface area contributed by atoms with Gasteiger partial charge < -0.3 is 5.32 Å². The minimum atomic E-state index is 0.143. The van der Waals surface area contributed by atoms with Gasteiger partial charge in [0.1, 0.15) is 0 Å². The number of hydrogen-bond donors (Lipinski definition) is 1. The maximum atomic E-state index is 3.98. The van der Waals surface area contributed by atoms with Crippen molar-refractivity contribution in [1.82, 2.24) is 5.32 Å². The third-order valence-electron chi connectivity index (χ3n) is 8.63. The van der Waals surface area contributed by atoms with E-state index in [2.05, 4.69) is 86.0 Å². The van der Waals surface area contributed by atoms with E-state index in [0.29, 0.717) is 17.8 Å². The minimum absolute atomic E-state index is 0.143. The van der Waals surface area contributed by atoms with Crippen LogP contribution in [0.15, 0.2) is 100 Å². The first-order chi connectivity index (χ1) is 15.6. The van der Waals surface area contributed by atoms with E-state index in [4.69, 9.17) is 0 Å². The van der Waals surface area contributed by atoms with Crippen molar-refractivity contribution < 1.29 is 0 Å². The van der Waals surface area contributed by atoms with Gasteiger partial charge in [0.2, 0.25) is 0 Å². The molecule has 5 aliphatic rings. The molecule has 0 aliphatic heterocycles. The molecule has 0 radical (unpaired) electrons. The van der Waals surface area contributed by atoms with Gasteiger partial charge in [-0.3, -0.25) is 0 Å². The van der Waals surface area contributed by atoms with Crippen LogP contribution in [0.3, 0.4) is 0 Å². The summed E-state index contributed by atoms with van der Waals surface area (Å²) in [5.41, 5.74) is 11.0. The Bertz CT molecular complexity index is 1100. The molecule has 0 spiro atoms. The average Bonchev–Trinajstić information content (AvgIpc) is 3.07. The second-order valence-corrected chi connectivity index (χ2v) is 10.7. The lowest BCUT2D eigenvalue weighted by Crippen LogP contribution is -2.33. The van der Waals surface area contributed by atoms with Gasteiger partial charge in [0, 0.05) is 22.7 Å². The van der Waals surface area contributed by atoms with Gasteiger partial charge in [-0.05, 0) is 90.7 Å². The summed E-state index contributed by atoms with van der Waals surface area (Å²) < 4.78 is 0. The molecule has 164 valence electrons. The van der Waals surface area contributed by atoms with E-state index in [0.717, 1.165) is 12.8 Å². The minimum Gasteiger partial charge on any atom is -0.362 e. The van der Waals surface area contributed by atoms with Crippen molar-refractivity contribution in [3.05, 3.63) is 106 Å². The molecule has 0 saturated carbocycles. The third kappa shape index (κ3) is 3.20. The zero-order valence-corrected chi connectivity index (χ0v) is 19.5. The summed E-state index contributed by atoms with van der Waals surface area (Å²) in [5.74, 6) is 1.83. The normalized spacial score (nSPS) is 30.4.